The Balaban J connectivity index is 1.63. The van der Waals surface area contributed by atoms with E-state index in [-0.39, 0.29) is 5.91 Å². The van der Waals surface area contributed by atoms with Crippen molar-refractivity contribution in [2.45, 2.75) is 53.0 Å². The number of nitrogens with one attached hydrogen (secondary N) is 1. The second-order valence-electron chi connectivity index (χ2n) is 6.58. The van der Waals surface area contributed by atoms with E-state index in [1.54, 1.807) is 0 Å². The first-order valence-corrected chi connectivity index (χ1v) is 8.46. The largest absolute Gasteiger partial charge is 0.350 e. The Morgan fingerprint density at radius 1 is 1.17 bits per heavy atom. The zero-order valence-corrected chi connectivity index (χ0v) is 14.3. The van der Waals surface area contributed by atoms with Gasteiger partial charge in [-0.05, 0) is 63.1 Å². The molecule has 0 unspecified atom stereocenters. The van der Waals surface area contributed by atoms with Gasteiger partial charge in [-0.1, -0.05) is 17.7 Å². The molecule has 0 aliphatic heterocycles. The predicted octanol–water partition coefficient (Wildman–Crippen LogP) is 3.12. The number of carbonyl (C=O) groups excluding carboxylic acids is 1. The fourth-order valence-electron chi connectivity index (χ4n) is 3.65. The Morgan fingerprint density at radius 3 is 2.61 bits per heavy atom. The van der Waals surface area contributed by atoms with Crippen LogP contribution >= 0.6 is 0 Å². The third-order valence-corrected chi connectivity index (χ3v) is 4.66. The number of benzene rings is 1. The molecule has 0 spiro atoms. The Bertz CT molecular complexity index is 707. The molecular formula is C19H25N3O. The molecule has 0 radical (unpaired) electrons. The normalized spacial score (nSPS) is 13.7. The third kappa shape index (κ3) is 3.31. The summed E-state index contributed by atoms with van der Waals surface area (Å²) >= 11 is 0. The van der Waals surface area contributed by atoms with Gasteiger partial charge in [-0.15, -0.1) is 0 Å². The topological polar surface area (TPSA) is 46.9 Å². The second kappa shape index (κ2) is 6.57. The molecular weight excluding hydrogens is 286 g/mol. The average molecular weight is 311 g/mol. The number of rotatable bonds is 4. The van der Waals surface area contributed by atoms with Gasteiger partial charge in [-0.3, -0.25) is 9.48 Å². The van der Waals surface area contributed by atoms with E-state index in [0.717, 1.165) is 36.1 Å². The number of hydrogen-bond acceptors (Lipinski definition) is 2. The Kier molecular flexibility index (Phi) is 4.51. The van der Waals surface area contributed by atoms with Crippen molar-refractivity contribution in [2.24, 2.45) is 0 Å². The van der Waals surface area contributed by atoms with E-state index in [2.05, 4.69) is 34.2 Å². The first-order chi connectivity index (χ1) is 11.1. The van der Waals surface area contributed by atoms with Gasteiger partial charge in [0, 0.05) is 17.8 Å². The van der Waals surface area contributed by atoms with Gasteiger partial charge in [0.15, 0.2) is 0 Å². The Morgan fingerprint density at radius 2 is 1.87 bits per heavy atom. The summed E-state index contributed by atoms with van der Waals surface area (Å²) in [5.74, 6) is 0.0148. The molecule has 1 aromatic heterocycles. The van der Waals surface area contributed by atoms with Gasteiger partial charge in [0.05, 0.1) is 12.7 Å². The highest BCUT2D eigenvalue weighted by atomic mass is 16.1. The number of aryl methyl sites for hydroxylation is 4. The highest BCUT2D eigenvalue weighted by molar-refractivity contribution is 5.97. The first-order valence-electron chi connectivity index (χ1n) is 8.46. The molecule has 1 aliphatic rings. The van der Waals surface area contributed by atoms with Crippen LogP contribution in [0.4, 0.5) is 0 Å². The number of fused-ring (bicyclic) bond motifs is 1. The lowest BCUT2D eigenvalue weighted by Gasteiger charge is -2.15. The molecule has 4 nitrogen and oxygen atoms in total. The molecule has 0 fully saturated rings. The number of amides is 1. The van der Waals surface area contributed by atoms with Crippen molar-refractivity contribution >= 4 is 5.91 Å². The van der Waals surface area contributed by atoms with Crippen LogP contribution in [0.1, 0.15) is 51.1 Å². The summed E-state index contributed by atoms with van der Waals surface area (Å²) in [5.41, 5.74) is 6.81. The molecule has 1 aliphatic carbocycles. The standard InChI is InChI=1S/C19H25N3O/c1-13-10-14(2)18(15(3)11-13)19(23)20-8-9-22-17-7-5-4-6-16(17)12-21-22/h10-12H,4-9H2,1-3H3,(H,20,23). The van der Waals surface area contributed by atoms with Crippen molar-refractivity contribution in [2.75, 3.05) is 6.54 Å². The van der Waals surface area contributed by atoms with Gasteiger partial charge in [0.25, 0.3) is 5.91 Å². The van der Waals surface area contributed by atoms with E-state index in [0.29, 0.717) is 6.54 Å². The predicted molar refractivity (Wildman–Crippen MR) is 91.9 cm³/mol. The summed E-state index contributed by atoms with van der Waals surface area (Å²) in [5, 5.41) is 7.52. The number of hydrogen-bond donors (Lipinski definition) is 1. The highest BCUT2D eigenvalue weighted by Gasteiger charge is 2.16. The van der Waals surface area contributed by atoms with Crippen LogP contribution in [0.15, 0.2) is 18.3 Å². The van der Waals surface area contributed by atoms with E-state index in [1.165, 1.54) is 29.7 Å². The molecule has 1 amide bonds. The van der Waals surface area contributed by atoms with Gasteiger partial charge < -0.3 is 5.32 Å². The maximum atomic E-state index is 12.5. The van der Waals surface area contributed by atoms with Crippen LogP contribution in [0.3, 0.4) is 0 Å². The van der Waals surface area contributed by atoms with E-state index < -0.39 is 0 Å². The van der Waals surface area contributed by atoms with Gasteiger partial charge in [0.1, 0.15) is 0 Å². The molecule has 2 aromatic rings. The molecule has 0 saturated heterocycles. The summed E-state index contributed by atoms with van der Waals surface area (Å²) in [4.78, 5) is 12.5. The maximum absolute atomic E-state index is 12.5. The van der Waals surface area contributed by atoms with Crippen molar-refractivity contribution in [3.05, 3.63) is 51.8 Å². The lowest BCUT2D eigenvalue weighted by atomic mass is 9.98. The quantitative estimate of drug-likeness (QED) is 0.943. The molecule has 1 aromatic carbocycles. The number of nitrogens with zero attached hydrogens (tertiary/aromatic N) is 2. The summed E-state index contributed by atoms with van der Waals surface area (Å²) in [6.45, 7) is 7.41. The maximum Gasteiger partial charge on any atom is 0.251 e. The molecule has 122 valence electrons. The molecule has 0 saturated carbocycles. The van der Waals surface area contributed by atoms with E-state index in [9.17, 15) is 4.79 Å². The number of carbonyl (C=O) groups is 1. The molecule has 0 bridgehead atoms. The molecule has 0 atom stereocenters. The zero-order chi connectivity index (χ0) is 16.4. The first kappa shape index (κ1) is 15.8. The van der Waals surface area contributed by atoms with Gasteiger partial charge in [-0.25, -0.2) is 0 Å². The average Bonchev–Trinajstić information content (AvgIpc) is 2.90. The van der Waals surface area contributed by atoms with Gasteiger partial charge >= 0.3 is 0 Å². The Hall–Kier alpha value is -2.10. The van der Waals surface area contributed by atoms with Crippen LogP contribution in [0.5, 0.6) is 0 Å². The van der Waals surface area contributed by atoms with Crippen molar-refractivity contribution in [1.82, 2.24) is 15.1 Å². The second-order valence-corrected chi connectivity index (χ2v) is 6.58. The van der Waals surface area contributed by atoms with Crippen LogP contribution in [0.2, 0.25) is 0 Å². The molecule has 3 rings (SSSR count). The van der Waals surface area contributed by atoms with Crippen molar-refractivity contribution in [1.29, 1.82) is 0 Å². The summed E-state index contributed by atoms with van der Waals surface area (Å²) in [6.07, 6.45) is 6.75. The van der Waals surface area contributed by atoms with E-state index in [4.69, 9.17) is 0 Å². The molecule has 1 N–H and O–H groups in total. The summed E-state index contributed by atoms with van der Waals surface area (Å²) in [7, 11) is 0. The van der Waals surface area contributed by atoms with Crippen LogP contribution in [-0.2, 0) is 19.4 Å². The molecule has 4 heteroatoms. The fourth-order valence-corrected chi connectivity index (χ4v) is 3.65. The highest BCUT2D eigenvalue weighted by Crippen LogP contribution is 2.20. The third-order valence-electron chi connectivity index (χ3n) is 4.66. The fraction of sp³-hybridized carbons (Fsp3) is 0.474. The lowest BCUT2D eigenvalue weighted by Crippen LogP contribution is -2.29. The van der Waals surface area contributed by atoms with Crippen molar-refractivity contribution in [3.8, 4) is 0 Å². The van der Waals surface area contributed by atoms with Crippen molar-refractivity contribution < 1.29 is 4.79 Å². The minimum absolute atomic E-state index is 0.0148. The summed E-state index contributed by atoms with van der Waals surface area (Å²) in [6, 6.07) is 4.12. The molecule has 1 heterocycles. The van der Waals surface area contributed by atoms with E-state index >= 15 is 0 Å². The van der Waals surface area contributed by atoms with Crippen LogP contribution in [0.25, 0.3) is 0 Å². The number of aromatic nitrogens is 2. The van der Waals surface area contributed by atoms with Gasteiger partial charge in [-0.2, -0.15) is 5.10 Å². The molecule has 23 heavy (non-hydrogen) atoms. The summed E-state index contributed by atoms with van der Waals surface area (Å²) < 4.78 is 2.06. The van der Waals surface area contributed by atoms with Crippen LogP contribution in [-0.4, -0.2) is 22.2 Å². The SMILES string of the molecule is Cc1cc(C)c(C(=O)NCCn2ncc3c2CCCC3)c(C)c1. The monoisotopic (exact) mass is 311 g/mol. The van der Waals surface area contributed by atoms with Crippen molar-refractivity contribution in [3.63, 3.8) is 0 Å². The lowest BCUT2D eigenvalue weighted by molar-refractivity contribution is 0.0950. The minimum atomic E-state index is 0.0148. The smallest absolute Gasteiger partial charge is 0.251 e. The van der Waals surface area contributed by atoms with E-state index in [1.807, 2.05) is 20.0 Å². The minimum Gasteiger partial charge on any atom is -0.350 e. The zero-order valence-electron chi connectivity index (χ0n) is 14.3. The van der Waals surface area contributed by atoms with Gasteiger partial charge in [0.2, 0.25) is 0 Å². The van der Waals surface area contributed by atoms with Crippen LogP contribution in [0, 0.1) is 20.8 Å². The van der Waals surface area contributed by atoms with Crippen LogP contribution < -0.4 is 5.32 Å². The Labute approximate surface area is 137 Å².